The number of nitrogens with zero attached hydrogens (tertiary/aromatic N) is 2. The predicted octanol–water partition coefficient (Wildman–Crippen LogP) is 5.54. The minimum atomic E-state index is -0.301. The van der Waals surface area contributed by atoms with Crippen molar-refractivity contribution in [2.24, 2.45) is 5.92 Å². The summed E-state index contributed by atoms with van der Waals surface area (Å²) in [4.78, 5) is 15.6. The molecule has 2 aliphatic heterocycles. The van der Waals surface area contributed by atoms with Crippen molar-refractivity contribution in [1.29, 1.82) is 0 Å². The van der Waals surface area contributed by atoms with E-state index in [0.29, 0.717) is 36.3 Å². The summed E-state index contributed by atoms with van der Waals surface area (Å²) in [6.45, 7) is 8.33. The number of aromatic amines is 1. The number of methoxy groups -OCH3 is 1. The maximum atomic E-state index is 13.6. The molecular formula is C29H35N3O4. The van der Waals surface area contributed by atoms with E-state index in [1.165, 1.54) is 5.56 Å². The first-order valence-electron chi connectivity index (χ1n) is 12.8. The zero-order valence-corrected chi connectivity index (χ0v) is 21.5. The van der Waals surface area contributed by atoms with Crippen LogP contribution in [0.25, 0.3) is 11.3 Å². The van der Waals surface area contributed by atoms with Gasteiger partial charge in [-0.1, -0.05) is 49.7 Å². The van der Waals surface area contributed by atoms with Gasteiger partial charge in [-0.05, 0) is 49.8 Å². The Kier molecular flexibility index (Phi) is 7.01. The van der Waals surface area contributed by atoms with Crippen LogP contribution in [0.3, 0.4) is 0 Å². The van der Waals surface area contributed by atoms with Crippen molar-refractivity contribution in [2.45, 2.75) is 52.2 Å². The normalized spacial score (nSPS) is 19.2. The Hall–Kier alpha value is -3.32. The molecule has 0 bridgehead atoms. The lowest BCUT2D eigenvalue weighted by molar-refractivity contribution is 0.0495. The van der Waals surface area contributed by atoms with E-state index < -0.39 is 0 Å². The van der Waals surface area contributed by atoms with E-state index in [4.69, 9.17) is 14.2 Å². The highest BCUT2D eigenvalue weighted by atomic mass is 16.5. The number of benzene rings is 2. The summed E-state index contributed by atoms with van der Waals surface area (Å²) in [5, 5.41) is 7.63. The summed E-state index contributed by atoms with van der Waals surface area (Å²) in [5.41, 5.74) is 5.37. The van der Waals surface area contributed by atoms with E-state index in [1.54, 1.807) is 7.11 Å². The van der Waals surface area contributed by atoms with Gasteiger partial charge in [-0.2, -0.15) is 5.10 Å². The summed E-state index contributed by atoms with van der Waals surface area (Å²) in [5.74, 6) is 1.89. The van der Waals surface area contributed by atoms with Gasteiger partial charge in [0.2, 0.25) is 0 Å². The van der Waals surface area contributed by atoms with Gasteiger partial charge in [0.15, 0.2) is 11.5 Å². The Bertz CT molecular complexity index is 1210. The molecule has 5 rings (SSSR count). The first-order chi connectivity index (χ1) is 17.5. The Morgan fingerprint density at radius 3 is 2.67 bits per heavy atom. The number of nitrogens with one attached hydrogen (secondary N) is 1. The molecule has 0 spiro atoms. The van der Waals surface area contributed by atoms with Crippen LogP contribution in [0.4, 0.5) is 0 Å². The van der Waals surface area contributed by atoms with Crippen molar-refractivity contribution in [3.05, 3.63) is 64.8 Å². The molecule has 3 aromatic rings. The Balaban J connectivity index is 1.55. The van der Waals surface area contributed by atoms with E-state index in [1.807, 2.05) is 23.1 Å². The number of fused-ring (bicyclic) bond motifs is 1. The lowest BCUT2D eigenvalue weighted by Gasteiger charge is -2.29. The number of carbonyl (C=O) groups excluding carboxylic acids is 1. The summed E-state index contributed by atoms with van der Waals surface area (Å²) in [7, 11) is 1.65. The molecule has 2 unspecified atom stereocenters. The van der Waals surface area contributed by atoms with Crippen LogP contribution >= 0.6 is 0 Å². The van der Waals surface area contributed by atoms with Crippen LogP contribution < -0.4 is 9.47 Å². The van der Waals surface area contributed by atoms with Crippen LogP contribution in [0.2, 0.25) is 0 Å². The first-order valence-corrected chi connectivity index (χ1v) is 12.8. The molecule has 2 aliphatic rings. The van der Waals surface area contributed by atoms with Gasteiger partial charge in [-0.25, -0.2) is 0 Å². The topological polar surface area (TPSA) is 76.7 Å². The van der Waals surface area contributed by atoms with Crippen LogP contribution in [0, 0.1) is 12.8 Å². The molecular weight excluding hydrogens is 454 g/mol. The zero-order valence-electron chi connectivity index (χ0n) is 21.5. The Morgan fingerprint density at radius 1 is 1.17 bits per heavy atom. The van der Waals surface area contributed by atoms with Crippen molar-refractivity contribution in [2.75, 3.05) is 26.9 Å². The third kappa shape index (κ3) is 4.72. The van der Waals surface area contributed by atoms with E-state index in [0.717, 1.165) is 48.3 Å². The minimum Gasteiger partial charge on any atom is -0.493 e. The molecule has 190 valence electrons. The van der Waals surface area contributed by atoms with Crippen molar-refractivity contribution < 1.29 is 19.0 Å². The highest BCUT2D eigenvalue weighted by Crippen LogP contribution is 2.45. The number of H-pyrrole nitrogens is 1. The maximum Gasteiger partial charge on any atom is 0.273 e. The van der Waals surface area contributed by atoms with Crippen LogP contribution in [0.5, 0.6) is 11.5 Å². The van der Waals surface area contributed by atoms with Crippen molar-refractivity contribution >= 4 is 5.91 Å². The number of rotatable bonds is 9. The third-order valence-electron chi connectivity index (χ3n) is 7.07. The van der Waals surface area contributed by atoms with Crippen molar-refractivity contribution in [1.82, 2.24) is 15.1 Å². The minimum absolute atomic E-state index is 0.0387. The zero-order chi connectivity index (χ0) is 25.2. The summed E-state index contributed by atoms with van der Waals surface area (Å²) in [6, 6.07) is 13.9. The third-order valence-corrected chi connectivity index (χ3v) is 7.07. The van der Waals surface area contributed by atoms with E-state index >= 15 is 0 Å². The molecule has 2 aromatic carbocycles. The van der Waals surface area contributed by atoms with Gasteiger partial charge in [-0.15, -0.1) is 0 Å². The fourth-order valence-corrected chi connectivity index (χ4v) is 5.05. The van der Waals surface area contributed by atoms with E-state index in [9.17, 15) is 4.79 Å². The van der Waals surface area contributed by atoms with Gasteiger partial charge in [0.05, 0.1) is 31.6 Å². The van der Waals surface area contributed by atoms with E-state index in [2.05, 4.69) is 55.2 Å². The average molecular weight is 490 g/mol. The first kappa shape index (κ1) is 24.4. The summed E-state index contributed by atoms with van der Waals surface area (Å²) in [6.07, 6.45) is 2.99. The molecule has 3 heterocycles. The number of hydrogen-bond acceptors (Lipinski definition) is 5. The van der Waals surface area contributed by atoms with Crippen LogP contribution in [-0.4, -0.2) is 54.0 Å². The average Bonchev–Trinajstić information content (AvgIpc) is 3.59. The van der Waals surface area contributed by atoms with Crippen LogP contribution in [0.1, 0.15) is 66.3 Å². The number of aromatic nitrogens is 2. The monoisotopic (exact) mass is 489 g/mol. The second-order valence-corrected chi connectivity index (χ2v) is 10.2. The number of amides is 1. The van der Waals surface area contributed by atoms with Gasteiger partial charge < -0.3 is 19.1 Å². The van der Waals surface area contributed by atoms with Crippen molar-refractivity contribution in [3.8, 4) is 22.8 Å². The second kappa shape index (κ2) is 10.3. The van der Waals surface area contributed by atoms with E-state index in [-0.39, 0.29) is 18.1 Å². The number of carbonyl (C=O) groups is 1. The summed E-state index contributed by atoms with van der Waals surface area (Å²) >= 11 is 0. The molecule has 1 saturated heterocycles. The van der Waals surface area contributed by atoms with Crippen LogP contribution in [-0.2, 0) is 4.74 Å². The molecule has 0 aliphatic carbocycles. The fourth-order valence-electron chi connectivity index (χ4n) is 5.05. The molecule has 1 fully saturated rings. The highest BCUT2D eigenvalue weighted by molar-refractivity contribution is 6.00. The van der Waals surface area contributed by atoms with Gasteiger partial charge >= 0.3 is 0 Å². The van der Waals surface area contributed by atoms with Crippen molar-refractivity contribution in [3.63, 3.8) is 0 Å². The standard InChI is InChI=1S/C29H35N3O4/c1-18(2)13-15-36-23-12-11-21(16-24(23)34-4)28-25-26(20-9-7-19(3)8-10-20)30-31-27(25)29(33)32(28)17-22-6-5-14-35-22/h7-12,16,18,22,28H,5-6,13-15,17H2,1-4H3,(H,30,31). The Morgan fingerprint density at radius 2 is 1.97 bits per heavy atom. The largest absolute Gasteiger partial charge is 0.493 e. The van der Waals surface area contributed by atoms with Crippen LogP contribution in [0.15, 0.2) is 42.5 Å². The number of aryl methyl sites for hydroxylation is 1. The quantitative estimate of drug-likeness (QED) is 0.427. The molecule has 7 heteroatoms. The van der Waals surface area contributed by atoms with Gasteiger partial charge in [-0.3, -0.25) is 9.89 Å². The molecule has 1 N–H and O–H groups in total. The molecule has 2 atom stereocenters. The highest BCUT2D eigenvalue weighted by Gasteiger charge is 2.43. The van der Waals surface area contributed by atoms with Gasteiger partial charge in [0.1, 0.15) is 5.69 Å². The fraction of sp³-hybridized carbons (Fsp3) is 0.448. The molecule has 1 aromatic heterocycles. The SMILES string of the molecule is COc1cc(C2c3c(-c4ccc(C)cc4)n[nH]c3C(=O)N2CC2CCCO2)ccc1OCCC(C)C. The summed E-state index contributed by atoms with van der Waals surface area (Å²) < 4.78 is 17.7. The molecule has 0 radical (unpaired) electrons. The number of ether oxygens (including phenoxy) is 3. The molecule has 7 nitrogen and oxygen atoms in total. The lowest BCUT2D eigenvalue weighted by atomic mass is 9.95. The number of hydrogen-bond donors (Lipinski definition) is 1. The lowest BCUT2D eigenvalue weighted by Crippen LogP contribution is -2.36. The molecule has 0 saturated carbocycles. The predicted molar refractivity (Wildman–Crippen MR) is 139 cm³/mol. The molecule has 1 amide bonds. The molecule has 36 heavy (non-hydrogen) atoms. The Labute approximate surface area is 212 Å². The van der Waals surface area contributed by atoms with Gasteiger partial charge in [0.25, 0.3) is 5.91 Å². The smallest absolute Gasteiger partial charge is 0.273 e. The second-order valence-electron chi connectivity index (χ2n) is 10.2. The maximum absolute atomic E-state index is 13.6. The van der Waals surface area contributed by atoms with Gasteiger partial charge in [0, 0.05) is 24.3 Å².